The molecule has 1 aliphatic heterocycles. The van der Waals surface area contributed by atoms with Gasteiger partial charge in [-0.25, -0.2) is 0 Å². The maximum Gasteiger partial charge on any atom is 0.235 e. The van der Waals surface area contributed by atoms with E-state index in [2.05, 4.69) is 42.8 Å². The van der Waals surface area contributed by atoms with Gasteiger partial charge in [0.2, 0.25) is 5.91 Å². The lowest BCUT2D eigenvalue weighted by Crippen LogP contribution is -2.47. The second kappa shape index (κ2) is 6.32. The molecule has 113 valence electrons. The number of hydrogen-bond acceptors (Lipinski definition) is 2. The highest BCUT2D eigenvalue weighted by molar-refractivity contribution is 5.81. The molecule has 2 aromatic rings. The van der Waals surface area contributed by atoms with E-state index >= 15 is 0 Å². The van der Waals surface area contributed by atoms with Crippen molar-refractivity contribution in [3.8, 4) is 11.1 Å². The molecule has 1 radical (unpaired) electrons. The Bertz CT molecular complexity index is 636. The normalized spacial score (nSPS) is 22.4. The van der Waals surface area contributed by atoms with Crippen molar-refractivity contribution in [3.63, 3.8) is 0 Å². The number of carbonyl (C=O) groups is 1. The molecule has 1 fully saturated rings. The fourth-order valence-corrected chi connectivity index (χ4v) is 3.09. The molecule has 0 spiro atoms. The lowest BCUT2D eigenvalue weighted by Gasteiger charge is -2.35. The van der Waals surface area contributed by atoms with E-state index in [-0.39, 0.29) is 11.9 Å². The third-order valence-electron chi connectivity index (χ3n) is 4.42. The van der Waals surface area contributed by atoms with Gasteiger partial charge in [0.25, 0.3) is 0 Å². The standard InChI is InChI=1S/C19H21N2O/c1-21-12-11-17(13-18(21)19(20)22)16-9-7-15(8-10-16)14-5-3-2-4-6-14/h2-10,13,17-18H,11-12H2,1H3,(H2,20,22)/t17-,18?/m1/s1. The molecule has 0 bridgehead atoms. The van der Waals surface area contributed by atoms with E-state index in [4.69, 9.17) is 5.73 Å². The maximum absolute atomic E-state index is 11.5. The fourth-order valence-electron chi connectivity index (χ4n) is 3.09. The Labute approximate surface area is 131 Å². The average Bonchev–Trinajstić information content (AvgIpc) is 2.56. The molecule has 1 unspecified atom stereocenters. The Morgan fingerprint density at radius 1 is 1.05 bits per heavy atom. The van der Waals surface area contributed by atoms with Gasteiger partial charge in [-0.1, -0.05) is 54.6 Å². The van der Waals surface area contributed by atoms with Crippen molar-refractivity contribution in [3.05, 3.63) is 66.6 Å². The molecule has 22 heavy (non-hydrogen) atoms. The summed E-state index contributed by atoms with van der Waals surface area (Å²) in [5.74, 6) is 0.0200. The van der Waals surface area contributed by atoms with Crippen LogP contribution in [0.5, 0.6) is 0 Å². The van der Waals surface area contributed by atoms with Crippen molar-refractivity contribution in [2.45, 2.75) is 18.4 Å². The highest BCUT2D eigenvalue weighted by Crippen LogP contribution is 2.31. The zero-order valence-corrected chi connectivity index (χ0v) is 12.8. The molecule has 1 saturated heterocycles. The minimum absolute atomic E-state index is 0.270. The van der Waals surface area contributed by atoms with E-state index in [1.165, 1.54) is 16.7 Å². The SMILES string of the molecule is CN1CC[C@@H](c2ccc(-c3ccccc3)cc2)[CH]C1C(N)=O. The number of primary amides is 1. The third-order valence-corrected chi connectivity index (χ3v) is 4.42. The molecule has 1 aliphatic rings. The molecule has 1 amide bonds. The molecule has 2 aromatic carbocycles. The summed E-state index contributed by atoms with van der Waals surface area (Å²) in [5.41, 5.74) is 9.17. The van der Waals surface area contributed by atoms with Crippen LogP contribution in [0, 0.1) is 6.42 Å². The highest BCUT2D eigenvalue weighted by Gasteiger charge is 2.30. The minimum Gasteiger partial charge on any atom is -0.368 e. The van der Waals surface area contributed by atoms with E-state index in [1.54, 1.807) is 0 Å². The summed E-state index contributed by atoms with van der Waals surface area (Å²) in [6.45, 7) is 0.884. The van der Waals surface area contributed by atoms with E-state index in [9.17, 15) is 4.79 Å². The summed E-state index contributed by atoms with van der Waals surface area (Å²) < 4.78 is 0. The first kappa shape index (κ1) is 14.8. The summed E-state index contributed by atoms with van der Waals surface area (Å²) in [7, 11) is 1.95. The van der Waals surface area contributed by atoms with Gasteiger partial charge in [-0.15, -0.1) is 0 Å². The Hall–Kier alpha value is -2.13. The number of nitrogens with zero attached hydrogens (tertiary/aromatic N) is 1. The molecule has 3 rings (SSSR count). The first-order valence-electron chi connectivity index (χ1n) is 7.65. The molecule has 3 heteroatoms. The number of piperidine rings is 1. The summed E-state index contributed by atoms with van der Waals surface area (Å²) in [5, 5.41) is 0. The highest BCUT2D eigenvalue weighted by atomic mass is 16.1. The lowest BCUT2D eigenvalue weighted by molar-refractivity contribution is -0.122. The third kappa shape index (κ3) is 3.04. The van der Waals surface area contributed by atoms with Crippen molar-refractivity contribution in [1.29, 1.82) is 0 Å². The van der Waals surface area contributed by atoms with Crippen molar-refractivity contribution < 1.29 is 4.79 Å². The molecule has 3 nitrogen and oxygen atoms in total. The first-order chi connectivity index (χ1) is 10.6. The quantitative estimate of drug-likeness (QED) is 0.946. The topological polar surface area (TPSA) is 46.3 Å². The van der Waals surface area contributed by atoms with Gasteiger partial charge in [-0.2, -0.15) is 0 Å². The number of benzene rings is 2. The van der Waals surface area contributed by atoms with Gasteiger partial charge in [0.05, 0.1) is 6.04 Å². The predicted molar refractivity (Wildman–Crippen MR) is 89.1 cm³/mol. The van der Waals surface area contributed by atoms with Gasteiger partial charge in [-0.05, 0) is 49.0 Å². The second-order valence-corrected chi connectivity index (χ2v) is 5.90. The number of likely N-dealkylation sites (N-methyl/N-ethyl adjacent to an activating group) is 1. The summed E-state index contributed by atoms with van der Waals surface area (Å²) in [6, 6.07) is 18.7. The molecule has 0 aromatic heterocycles. The van der Waals surface area contributed by atoms with Crippen molar-refractivity contribution in [2.24, 2.45) is 5.73 Å². The molecule has 2 atom stereocenters. The van der Waals surface area contributed by atoms with Gasteiger partial charge in [-0.3, -0.25) is 9.69 Å². The number of amides is 1. The molecule has 0 saturated carbocycles. The summed E-state index contributed by atoms with van der Waals surface area (Å²) >= 11 is 0. The van der Waals surface area contributed by atoms with E-state index in [0.717, 1.165) is 13.0 Å². The summed E-state index contributed by atoms with van der Waals surface area (Å²) in [4.78, 5) is 13.5. The summed E-state index contributed by atoms with van der Waals surface area (Å²) in [6.07, 6.45) is 3.09. The van der Waals surface area contributed by atoms with Crippen LogP contribution in [0.3, 0.4) is 0 Å². The van der Waals surface area contributed by atoms with Crippen LogP contribution < -0.4 is 5.73 Å². The van der Waals surface area contributed by atoms with Crippen molar-refractivity contribution >= 4 is 5.91 Å². The molecular weight excluding hydrogens is 272 g/mol. The number of carbonyl (C=O) groups excluding carboxylic acids is 1. The monoisotopic (exact) mass is 293 g/mol. The predicted octanol–water partition coefficient (Wildman–Crippen LogP) is 2.83. The maximum atomic E-state index is 11.5. The van der Waals surface area contributed by atoms with E-state index in [1.807, 2.05) is 30.1 Å². The molecule has 2 N–H and O–H groups in total. The number of likely N-dealkylation sites (tertiary alicyclic amines) is 1. The molecule has 0 aliphatic carbocycles. The van der Waals surface area contributed by atoms with Gasteiger partial charge in [0.1, 0.15) is 0 Å². The van der Waals surface area contributed by atoms with Crippen LogP contribution >= 0.6 is 0 Å². The van der Waals surface area contributed by atoms with Crippen LogP contribution in [0.2, 0.25) is 0 Å². The average molecular weight is 293 g/mol. The smallest absolute Gasteiger partial charge is 0.235 e. The van der Waals surface area contributed by atoms with Crippen LogP contribution in [0.25, 0.3) is 11.1 Å². The Morgan fingerprint density at radius 2 is 1.68 bits per heavy atom. The Balaban J connectivity index is 1.77. The van der Waals surface area contributed by atoms with Crippen LogP contribution in [0.4, 0.5) is 0 Å². The van der Waals surface area contributed by atoms with Crippen LogP contribution in [-0.4, -0.2) is 30.4 Å². The van der Waals surface area contributed by atoms with Crippen molar-refractivity contribution in [1.82, 2.24) is 4.90 Å². The van der Waals surface area contributed by atoms with E-state index in [0.29, 0.717) is 5.92 Å². The molecule has 1 heterocycles. The number of rotatable bonds is 3. The minimum atomic E-state index is -0.271. The zero-order chi connectivity index (χ0) is 15.5. The zero-order valence-electron chi connectivity index (χ0n) is 12.8. The number of hydrogen-bond donors (Lipinski definition) is 1. The Morgan fingerprint density at radius 3 is 2.32 bits per heavy atom. The molecular formula is C19H21N2O. The van der Waals surface area contributed by atoms with E-state index < -0.39 is 0 Å². The first-order valence-corrected chi connectivity index (χ1v) is 7.65. The van der Waals surface area contributed by atoms with Gasteiger partial charge >= 0.3 is 0 Å². The van der Waals surface area contributed by atoms with Gasteiger partial charge < -0.3 is 5.73 Å². The van der Waals surface area contributed by atoms with Crippen LogP contribution in [0.1, 0.15) is 17.9 Å². The Kier molecular flexibility index (Phi) is 4.25. The fraction of sp³-hybridized carbons (Fsp3) is 0.263. The van der Waals surface area contributed by atoms with Crippen LogP contribution in [0.15, 0.2) is 54.6 Å². The van der Waals surface area contributed by atoms with Gasteiger partial charge in [0, 0.05) is 0 Å². The van der Waals surface area contributed by atoms with Crippen molar-refractivity contribution in [2.75, 3.05) is 13.6 Å². The van der Waals surface area contributed by atoms with Gasteiger partial charge in [0.15, 0.2) is 0 Å². The lowest BCUT2D eigenvalue weighted by atomic mass is 9.84. The van der Waals surface area contributed by atoms with Crippen LogP contribution in [-0.2, 0) is 4.79 Å². The second-order valence-electron chi connectivity index (χ2n) is 5.90. The number of nitrogens with two attached hydrogens (primary N) is 1. The largest absolute Gasteiger partial charge is 0.368 e.